The lowest BCUT2D eigenvalue weighted by Gasteiger charge is -2.57. The number of carbonyl (C=O) groups excluding carboxylic acids is 1. The normalized spacial score (nSPS) is 32.5. The zero-order valence-corrected chi connectivity index (χ0v) is 15.1. The fourth-order valence-electron chi connectivity index (χ4n) is 6.03. The fraction of sp³-hybridized carbons (Fsp3) is 0.600. The molecule has 1 aromatic rings. The minimum Gasteiger partial charge on any atom is -0.267 e. The highest BCUT2D eigenvalue weighted by Gasteiger charge is 2.50. The van der Waals surface area contributed by atoms with Crippen molar-refractivity contribution in [1.82, 2.24) is 5.43 Å². The molecule has 0 unspecified atom stereocenters. The highest BCUT2D eigenvalue weighted by molar-refractivity contribution is 5.95. The van der Waals surface area contributed by atoms with E-state index in [1.54, 1.807) is 0 Å². The molecule has 1 aromatic carbocycles. The van der Waals surface area contributed by atoms with Gasteiger partial charge in [-0.05, 0) is 87.2 Å². The van der Waals surface area contributed by atoms with Crippen LogP contribution in [0.4, 0.5) is 5.69 Å². The minimum absolute atomic E-state index is 0.0250. The van der Waals surface area contributed by atoms with Gasteiger partial charge in [-0.2, -0.15) is 5.10 Å². The molecule has 0 aliphatic heterocycles. The molecule has 5 rings (SSSR count). The monoisotopic (exact) mass is 355 g/mol. The van der Waals surface area contributed by atoms with E-state index in [2.05, 4.69) is 10.5 Å². The topological polar surface area (TPSA) is 84.6 Å². The van der Waals surface area contributed by atoms with E-state index in [1.165, 1.54) is 62.8 Å². The molecule has 0 spiro atoms. The van der Waals surface area contributed by atoms with Gasteiger partial charge in [0.05, 0.1) is 4.92 Å². The summed E-state index contributed by atoms with van der Waals surface area (Å²) in [4.78, 5) is 22.4. The van der Waals surface area contributed by atoms with Crippen LogP contribution in [-0.4, -0.2) is 16.5 Å². The van der Waals surface area contributed by atoms with Gasteiger partial charge in [0.2, 0.25) is 0 Å². The zero-order chi connectivity index (χ0) is 18.3. The van der Waals surface area contributed by atoms with Gasteiger partial charge in [0.15, 0.2) is 0 Å². The van der Waals surface area contributed by atoms with Gasteiger partial charge in [-0.25, -0.2) is 5.43 Å². The molecule has 0 aromatic heterocycles. The summed E-state index contributed by atoms with van der Waals surface area (Å²) in [5.74, 6) is 2.39. The van der Waals surface area contributed by atoms with Crippen molar-refractivity contribution in [1.29, 1.82) is 0 Å². The molecular formula is C20H25N3O3. The summed E-state index contributed by atoms with van der Waals surface area (Å²) in [5.41, 5.74) is 4.34. The Kier molecular flexibility index (Phi) is 4.29. The number of nitro groups is 1. The van der Waals surface area contributed by atoms with E-state index in [0.29, 0.717) is 11.0 Å². The van der Waals surface area contributed by atoms with Crippen molar-refractivity contribution in [3.05, 3.63) is 39.9 Å². The number of nitrogens with zero attached hydrogens (tertiary/aromatic N) is 2. The highest BCUT2D eigenvalue weighted by Crippen LogP contribution is 2.61. The molecule has 1 amide bonds. The van der Waals surface area contributed by atoms with Crippen LogP contribution in [0.15, 0.2) is 29.4 Å². The number of hydrogen-bond acceptors (Lipinski definition) is 4. The standard InChI is InChI=1S/C20H25N3O3/c1-13(9-20-10-14-6-15(11-20)8-16(7-14)12-20)21-22-19(24)17-2-4-18(5-3-17)23(25)26/h2-5,14-16H,6-12H2,1H3,(H,22,24)/b21-13-. The number of benzene rings is 1. The average Bonchev–Trinajstić information content (AvgIpc) is 2.58. The van der Waals surface area contributed by atoms with Crippen molar-refractivity contribution in [2.45, 2.75) is 51.9 Å². The molecule has 1 N–H and O–H groups in total. The quantitative estimate of drug-likeness (QED) is 0.485. The average molecular weight is 355 g/mol. The van der Waals surface area contributed by atoms with Crippen molar-refractivity contribution in [2.75, 3.05) is 0 Å². The number of nitrogens with one attached hydrogen (secondary N) is 1. The number of non-ortho nitro benzene ring substituents is 1. The summed E-state index contributed by atoms with van der Waals surface area (Å²) in [6.45, 7) is 1.99. The van der Waals surface area contributed by atoms with Gasteiger partial charge >= 0.3 is 0 Å². The third-order valence-electron chi connectivity index (χ3n) is 6.48. The summed E-state index contributed by atoms with van der Waals surface area (Å²) in [5, 5.41) is 15.0. The molecule has 4 aliphatic carbocycles. The van der Waals surface area contributed by atoms with Crippen LogP contribution in [0.5, 0.6) is 0 Å². The third-order valence-corrected chi connectivity index (χ3v) is 6.48. The SMILES string of the molecule is C/C(CC12CC3CC(CC(C3)C1)C2)=N/NC(=O)c1ccc([N+](=O)[O-])cc1. The second kappa shape index (κ2) is 6.49. The highest BCUT2D eigenvalue weighted by atomic mass is 16.6. The van der Waals surface area contributed by atoms with E-state index in [-0.39, 0.29) is 11.6 Å². The molecule has 6 heteroatoms. The summed E-state index contributed by atoms with van der Waals surface area (Å²) >= 11 is 0. The third kappa shape index (κ3) is 3.37. The molecule has 4 aliphatic rings. The number of carbonyl (C=O) groups is 1. The fourth-order valence-corrected chi connectivity index (χ4v) is 6.03. The van der Waals surface area contributed by atoms with Gasteiger partial charge in [-0.15, -0.1) is 0 Å². The maximum absolute atomic E-state index is 12.2. The molecule has 4 bridgehead atoms. The van der Waals surface area contributed by atoms with Crippen LogP contribution in [0.2, 0.25) is 0 Å². The minimum atomic E-state index is -0.477. The number of rotatable bonds is 5. The Morgan fingerprint density at radius 1 is 1.15 bits per heavy atom. The maximum atomic E-state index is 12.2. The lowest BCUT2D eigenvalue weighted by molar-refractivity contribution is -0.384. The predicted octanol–water partition coefficient (Wildman–Crippen LogP) is 4.31. The molecule has 0 radical (unpaired) electrons. The van der Waals surface area contributed by atoms with Crippen molar-refractivity contribution < 1.29 is 9.72 Å². The lowest BCUT2D eigenvalue weighted by Crippen LogP contribution is -2.46. The first-order chi connectivity index (χ1) is 12.4. The Hall–Kier alpha value is -2.24. The van der Waals surface area contributed by atoms with Crippen LogP contribution in [0.3, 0.4) is 0 Å². The number of hydrogen-bond donors (Lipinski definition) is 1. The first-order valence-corrected chi connectivity index (χ1v) is 9.50. The molecule has 0 saturated heterocycles. The second-order valence-electron chi connectivity index (χ2n) is 8.69. The van der Waals surface area contributed by atoms with Gasteiger partial charge in [0, 0.05) is 23.4 Å². The Morgan fingerprint density at radius 2 is 1.69 bits per heavy atom. The van der Waals surface area contributed by atoms with E-state index in [4.69, 9.17) is 0 Å². The van der Waals surface area contributed by atoms with Gasteiger partial charge < -0.3 is 0 Å². The van der Waals surface area contributed by atoms with Gasteiger partial charge in [-0.1, -0.05) is 0 Å². The zero-order valence-electron chi connectivity index (χ0n) is 15.1. The largest absolute Gasteiger partial charge is 0.271 e. The molecule has 26 heavy (non-hydrogen) atoms. The summed E-state index contributed by atoms with van der Waals surface area (Å²) in [6, 6.07) is 5.58. The Balaban J connectivity index is 1.37. The molecule has 4 saturated carbocycles. The van der Waals surface area contributed by atoms with Crippen LogP contribution in [-0.2, 0) is 0 Å². The van der Waals surface area contributed by atoms with E-state index in [0.717, 1.165) is 29.9 Å². The van der Waals surface area contributed by atoms with Gasteiger partial charge in [-0.3, -0.25) is 14.9 Å². The van der Waals surface area contributed by atoms with Crippen molar-refractivity contribution >= 4 is 17.3 Å². The van der Waals surface area contributed by atoms with E-state index in [9.17, 15) is 14.9 Å². The number of amides is 1. The van der Waals surface area contributed by atoms with Crippen LogP contribution in [0.1, 0.15) is 62.2 Å². The Bertz CT molecular complexity index is 719. The first-order valence-electron chi connectivity index (χ1n) is 9.50. The molecular weight excluding hydrogens is 330 g/mol. The van der Waals surface area contributed by atoms with Crippen LogP contribution in [0, 0.1) is 33.3 Å². The van der Waals surface area contributed by atoms with Crippen molar-refractivity contribution in [2.24, 2.45) is 28.3 Å². The second-order valence-corrected chi connectivity index (χ2v) is 8.69. The molecule has 0 heterocycles. The molecule has 4 fully saturated rings. The van der Waals surface area contributed by atoms with E-state index >= 15 is 0 Å². The van der Waals surface area contributed by atoms with Crippen LogP contribution in [0.25, 0.3) is 0 Å². The number of nitro benzene ring substituents is 1. The van der Waals surface area contributed by atoms with Crippen molar-refractivity contribution in [3.8, 4) is 0 Å². The number of hydrazone groups is 1. The van der Waals surface area contributed by atoms with Gasteiger partial charge in [0.1, 0.15) is 0 Å². The van der Waals surface area contributed by atoms with E-state index in [1.807, 2.05) is 6.92 Å². The van der Waals surface area contributed by atoms with Gasteiger partial charge in [0.25, 0.3) is 11.6 Å². The maximum Gasteiger partial charge on any atom is 0.271 e. The van der Waals surface area contributed by atoms with Crippen LogP contribution >= 0.6 is 0 Å². The van der Waals surface area contributed by atoms with Crippen molar-refractivity contribution in [3.63, 3.8) is 0 Å². The summed E-state index contributed by atoms with van der Waals surface area (Å²) < 4.78 is 0. The molecule has 6 nitrogen and oxygen atoms in total. The first kappa shape index (κ1) is 17.2. The van der Waals surface area contributed by atoms with Crippen LogP contribution < -0.4 is 5.43 Å². The summed E-state index contributed by atoms with van der Waals surface area (Å²) in [6.07, 6.45) is 9.20. The lowest BCUT2D eigenvalue weighted by atomic mass is 9.48. The Morgan fingerprint density at radius 3 is 2.19 bits per heavy atom. The summed E-state index contributed by atoms with van der Waals surface area (Å²) in [7, 11) is 0. The Labute approximate surface area is 153 Å². The van der Waals surface area contributed by atoms with E-state index < -0.39 is 4.92 Å². The molecule has 0 atom stereocenters. The predicted molar refractivity (Wildman–Crippen MR) is 98.9 cm³/mol. The molecule has 138 valence electrons. The smallest absolute Gasteiger partial charge is 0.267 e.